The van der Waals surface area contributed by atoms with Gasteiger partial charge in [-0.2, -0.15) is 9.11 Å². The molecule has 1 N–H and O–H groups in total. The smallest absolute Gasteiger partial charge is 0.289 e. The molecular weight excluding hydrogens is 366 g/mol. The Morgan fingerprint density at radius 1 is 1.37 bits per heavy atom. The van der Waals surface area contributed by atoms with Crippen LogP contribution in [0.1, 0.15) is 55.4 Å². The van der Waals surface area contributed by atoms with E-state index in [9.17, 15) is 9.59 Å². The average Bonchev–Trinajstić information content (AvgIpc) is 3.30. The number of nitrogens with one attached hydrogen (secondary N) is 1. The minimum Gasteiger partial charge on any atom is -0.371 e. The number of anilines is 1. The van der Waals surface area contributed by atoms with E-state index in [0.717, 1.165) is 41.4 Å². The van der Waals surface area contributed by atoms with E-state index in [4.69, 9.17) is 9.51 Å². The summed E-state index contributed by atoms with van der Waals surface area (Å²) in [6.07, 6.45) is 6.42. The number of amides is 1. The summed E-state index contributed by atoms with van der Waals surface area (Å²) in [5, 5.41) is 3.98. The van der Waals surface area contributed by atoms with Crippen LogP contribution in [0.15, 0.2) is 15.4 Å². The summed E-state index contributed by atoms with van der Waals surface area (Å²) in [6, 6.07) is 2.18. The molecule has 2 aliphatic heterocycles. The predicted octanol–water partition coefficient (Wildman–Crippen LogP) is 1.96. The molecule has 2 saturated heterocycles. The van der Waals surface area contributed by atoms with Crippen molar-refractivity contribution in [1.82, 2.24) is 19.4 Å². The molecule has 0 saturated carbocycles. The maximum atomic E-state index is 12.2. The molecule has 0 radical (unpaired) electrons. The van der Waals surface area contributed by atoms with Gasteiger partial charge in [-0.25, -0.2) is 4.98 Å². The first-order valence-corrected chi connectivity index (χ1v) is 10.4. The third-order valence-corrected chi connectivity index (χ3v) is 6.33. The second-order valence-electron chi connectivity index (χ2n) is 7.52. The number of nitrogens with zero attached hydrogens (tertiary/aromatic N) is 4. The normalized spacial score (nSPS) is 24.4. The maximum absolute atomic E-state index is 12.2. The minimum atomic E-state index is -0.323. The van der Waals surface area contributed by atoms with Crippen molar-refractivity contribution in [2.24, 2.45) is 13.0 Å². The second-order valence-corrected chi connectivity index (χ2v) is 8.25. The highest BCUT2D eigenvalue weighted by atomic mass is 32.1. The molecule has 4 rings (SSSR count). The molecule has 27 heavy (non-hydrogen) atoms. The molecule has 4 heterocycles. The highest BCUT2D eigenvalue weighted by Crippen LogP contribution is 2.42. The monoisotopic (exact) mass is 391 g/mol. The number of hydrogen-bond acceptors (Lipinski definition) is 7. The third-order valence-electron chi connectivity index (χ3n) is 5.56. The van der Waals surface area contributed by atoms with E-state index < -0.39 is 0 Å². The Morgan fingerprint density at radius 2 is 2.11 bits per heavy atom. The van der Waals surface area contributed by atoms with Gasteiger partial charge in [0.05, 0.1) is 6.07 Å². The highest BCUT2D eigenvalue weighted by Gasteiger charge is 2.42. The van der Waals surface area contributed by atoms with Gasteiger partial charge >= 0.3 is 0 Å². The SMILES string of the molecule is CCCc1nsc(N2[C@@H]3CC[C@H]2CC(CNC(=O)c2cc(=O)n(C)o2)C3)n1. The van der Waals surface area contributed by atoms with Gasteiger partial charge in [-0.15, -0.1) is 0 Å². The molecule has 0 aromatic carbocycles. The van der Waals surface area contributed by atoms with Gasteiger partial charge < -0.3 is 14.7 Å². The molecular formula is C18H25N5O3S. The van der Waals surface area contributed by atoms with E-state index in [0.29, 0.717) is 24.5 Å². The topological polar surface area (TPSA) is 93.3 Å². The standard InChI is InChI=1S/C18H25N5O3S/c1-3-4-15-20-18(27-21-15)23-12-5-6-13(23)8-11(7-12)10-19-17(25)14-9-16(24)22(2)26-14/h9,11-13H,3-8,10H2,1-2H3,(H,19,25)/t11?,12-,13+. The molecule has 0 spiro atoms. The lowest BCUT2D eigenvalue weighted by atomic mass is 9.91. The van der Waals surface area contributed by atoms with Crippen LogP contribution in [-0.2, 0) is 13.5 Å². The number of carbonyl (C=O) groups is 1. The predicted molar refractivity (Wildman–Crippen MR) is 102 cm³/mol. The van der Waals surface area contributed by atoms with Crippen LogP contribution < -0.4 is 15.8 Å². The number of fused-ring (bicyclic) bond motifs is 2. The third kappa shape index (κ3) is 3.65. The van der Waals surface area contributed by atoms with Crippen molar-refractivity contribution in [1.29, 1.82) is 0 Å². The molecule has 1 unspecified atom stereocenters. The Balaban J connectivity index is 1.35. The van der Waals surface area contributed by atoms with Crippen molar-refractivity contribution in [2.45, 2.75) is 57.5 Å². The van der Waals surface area contributed by atoms with Crippen molar-refractivity contribution in [3.63, 3.8) is 0 Å². The van der Waals surface area contributed by atoms with Crippen molar-refractivity contribution in [3.8, 4) is 0 Å². The first-order chi connectivity index (χ1) is 13.0. The summed E-state index contributed by atoms with van der Waals surface area (Å²) >= 11 is 1.51. The molecule has 8 nitrogen and oxygen atoms in total. The first-order valence-electron chi connectivity index (χ1n) is 9.61. The molecule has 2 fully saturated rings. The molecule has 2 aliphatic rings. The molecule has 2 bridgehead atoms. The molecule has 1 amide bonds. The van der Waals surface area contributed by atoms with Gasteiger partial charge in [0, 0.05) is 43.6 Å². The Labute approximate surface area is 161 Å². The van der Waals surface area contributed by atoms with Crippen LogP contribution in [0.4, 0.5) is 5.13 Å². The summed E-state index contributed by atoms with van der Waals surface area (Å²) in [5.74, 6) is 1.13. The first kappa shape index (κ1) is 18.2. The Kier molecular flexibility index (Phi) is 5.03. The summed E-state index contributed by atoms with van der Waals surface area (Å²) < 4.78 is 10.7. The molecule has 9 heteroatoms. The number of carbonyl (C=O) groups excluding carboxylic acids is 1. The van der Waals surface area contributed by atoms with Crippen LogP contribution in [0, 0.1) is 5.92 Å². The minimum absolute atomic E-state index is 0.0696. The van der Waals surface area contributed by atoms with Gasteiger partial charge in [0.1, 0.15) is 5.82 Å². The van der Waals surface area contributed by atoms with Crippen LogP contribution in [-0.4, -0.2) is 38.6 Å². The number of aryl methyl sites for hydroxylation is 2. The Hall–Kier alpha value is -2.16. The van der Waals surface area contributed by atoms with Gasteiger partial charge in [-0.3, -0.25) is 9.59 Å². The fourth-order valence-corrected chi connectivity index (χ4v) is 5.15. The van der Waals surface area contributed by atoms with E-state index in [1.54, 1.807) is 0 Å². The Bertz CT molecular complexity index is 858. The largest absolute Gasteiger partial charge is 0.371 e. The molecule has 2 aromatic heterocycles. The lowest BCUT2D eigenvalue weighted by Gasteiger charge is -2.38. The zero-order valence-corrected chi connectivity index (χ0v) is 16.5. The van der Waals surface area contributed by atoms with E-state index in [1.165, 1.54) is 37.5 Å². The number of hydrogen-bond donors (Lipinski definition) is 1. The van der Waals surface area contributed by atoms with Gasteiger partial charge in [0.25, 0.3) is 11.5 Å². The van der Waals surface area contributed by atoms with Crippen LogP contribution in [0.25, 0.3) is 0 Å². The molecule has 2 aromatic rings. The van der Waals surface area contributed by atoms with Crippen molar-refractivity contribution >= 4 is 22.6 Å². The lowest BCUT2D eigenvalue weighted by molar-refractivity contribution is 0.0893. The van der Waals surface area contributed by atoms with Gasteiger partial charge in [0.2, 0.25) is 10.9 Å². The van der Waals surface area contributed by atoms with E-state index in [2.05, 4.69) is 21.5 Å². The van der Waals surface area contributed by atoms with Gasteiger partial charge in [0.15, 0.2) is 0 Å². The van der Waals surface area contributed by atoms with Crippen molar-refractivity contribution in [3.05, 3.63) is 28.0 Å². The van der Waals surface area contributed by atoms with Crippen LogP contribution >= 0.6 is 11.5 Å². The molecule has 146 valence electrons. The maximum Gasteiger partial charge on any atom is 0.289 e. The number of piperidine rings is 1. The molecule has 3 atom stereocenters. The Morgan fingerprint density at radius 3 is 2.74 bits per heavy atom. The molecule has 0 aliphatic carbocycles. The lowest BCUT2D eigenvalue weighted by Crippen LogP contribution is -2.45. The second kappa shape index (κ2) is 7.46. The van der Waals surface area contributed by atoms with Crippen molar-refractivity contribution in [2.75, 3.05) is 11.4 Å². The summed E-state index contributed by atoms with van der Waals surface area (Å²) in [6.45, 7) is 2.75. The van der Waals surface area contributed by atoms with E-state index in [-0.39, 0.29) is 17.2 Å². The number of aromatic nitrogens is 3. The van der Waals surface area contributed by atoms with Crippen LogP contribution in [0.3, 0.4) is 0 Å². The van der Waals surface area contributed by atoms with Gasteiger partial charge in [-0.05, 0) is 38.0 Å². The summed E-state index contributed by atoms with van der Waals surface area (Å²) in [7, 11) is 1.49. The fourth-order valence-electron chi connectivity index (χ4n) is 4.30. The van der Waals surface area contributed by atoms with Gasteiger partial charge in [-0.1, -0.05) is 6.92 Å². The highest BCUT2D eigenvalue weighted by molar-refractivity contribution is 7.09. The average molecular weight is 391 g/mol. The summed E-state index contributed by atoms with van der Waals surface area (Å²) in [5.41, 5.74) is -0.314. The van der Waals surface area contributed by atoms with E-state index >= 15 is 0 Å². The van der Waals surface area contributed by atoms with Crippen molar-refractivity contribution < 1.29 is 9.32 Å². The quantitative estimate of drug-likeness (QED) is 0.809. The zero-order chi connectivity index (χ0) is 19.0. The zero-order valence-electron chi connectivity index (χ0n) is 15.7. The van der Waals surface area contributed by atoms with E-state index in [1.807, 2.05) is 0 Å². The number of rotatable bonds is 6. The summed E-state index contributed by atoms with van der Waals surface area (Å²) in [4.78, 5) is 30.8. The van der Waals surface area contributed by atoms with Crippen LogP contribution in [0.5, 0.6) is 0 Å². The fraction of sp³-hybridized carbons (Fsp3) is 0.667. The van der Waals surface area contributed by atoms with Crippen LogP contribution in [0.2, 0.25) is 0 Å².